The van der Waals surface area contributed by atoms with Crippen molar-refractivity contribution < 1.29 is 0 Å². The highest BCUT2D eigenvalue weighted by atomic mass is 35.5. The molecule has 0 aliphatic rings. The largest absolute Gasteiger partial charge is 0.393 e. The summed E-state index contributed by atoms with van der Waals surface area (Å²) >= 11 is 12.0. The summed E-state index contributed by atoms with van der Waals surface area (Å²) in [7, 11) is 0. The van der Waals surface area contributed by atoms with Gasteiger partial charge in [0.05, 0.1) is 10.0 Å². The molecule has 4 N–H and O–H groups in total. The molecule has 128 valence electrons. The quantitative estimate of drug-likeness (QED) is 0.580. The van der Waals surface area contributed by atoms with E-state index >= 15 is 0 Å². The van der Waals surface area contributed by atoms with Gasteiger partial charge in [0.25, 0.3) is 0 Å². The van der Waals surface area contributed by atoms with E-state index in [9.17, 15) is 0 Å². The minimum Gasteiger partial charge on any atom is -0.393 e. The first-order valence-corrected chi connectivity index (χ1v) is 8.49. The number of benzene rings is 2. The molecule has 0 aliphatic carbocycles. The van der Waals surface area contributed by atoms with Crippen molar-refractivity contribution in [2.75, 3.05) is 22.9 Å². The number of anilines is 4. The Hall–Kier alpha value is -2.50. The average Bonchev–Trinajstić information content (AvgIpc) is 2.62. The molecule has 3 rings (SSSR count). The van der Waals surface area contributed by atoms with Crippen LogP contribution in [-0.2, 0) is 6.42 Å². The number of nitrogens with one attached hydrogen (secondary N) is 2. The maximum absolute atomic E-state index is 6.17. The fourth-order valence-electron chi connectivity index (χ4n) is 2.32. The molecular formula is C18H17Cl2N5. The summed E-state index contributed by atoms with van der Waals surface area (Å²) in [5.41, 5.74) is 8.61. The molecule has 0 saturated carbocycles. The van der Waals surface area contributed by atoms with E-state index in [4.69, 9.17) is 28.9 Å². The molecule has 5 nitrogen and oxygen atoms in total. The summed E-state index contributed by atoms with van der Waals surface area (Å²) in [6, 6.07) is 15.4. The summed E-state index contributed by atoms with van der Waals surface area (Å²) in [6.45, 7) is 0.720. The Morgan fingerprint density at radius 1 is 0.920 bits per heavy atom. The molecule has 0 saturated heterocycles. The van der Waals surface area contributed by atoms with Crippen molar-refractivity contribution in [3.63, 3.8) is 0 Å². The molecule has 3 aromatic rings. The fraction of sp³-hybridized carbons (Fsp3) is 0.111. The monoisotopic (exact) mass is 373 g/mol. The van der Waals surface area contributed by atoms with Crippen LogP contribution in [0.5, 0.6) is 0 Å². The molecule has 25 heavy (non-hydrogen) atoms. The maximum Gasteiger partial charge on any atom is 0.159 e. The second-order valence-corrected chi connectivity index (χ2v) is 6.22. The third kappa shape index (κ3) is 4.53. The van der Waals surface area contributed by atoms with Gasteiger partial charge in [-0.3, -0.25) is 0 Å². The van der Waals surface area contributed by atoms with Crippen molar-refractivity contribution in [1.82, 2.24) is 9.97 Å². The van der Waals surface area contributed by atoms with Crippen molar-refractivity contribution >= 4 is 46.2 Å². The number of halogens is 2. The van der Waals surface area contributed by atoms with E-state index in [2.05, 4.69) is 32.7 Å². The van der Waals surface area contributed by atoms with Gasteiger partial charge in [-0.1, -0.05) is 53.5 Å². The summed E-state index contributed by atoms with van der Waals surface area (Å²) in [5, 5.41) is 7.32. The highest BCUT2D eigenvalue weighted by molar-refractivity contribution is 6.42. The number of nitrogens with two attached hydrogens (primary N) is 1. The number of aromatic nitrogens is 2. The van der Waals surface area contributed by atoms with Gasteiger partial charge in [-0.2, -0.15) is 0 Å². The molecule has 7 heteroatoms. The normalized spacial score (nSPS) is 10.5. The molecule has 0 aliphatic heterocycles. The zero-order valence-electron chi connectivity index (χ0n) is 13.3. The summed E-state index contributed by atoms with van der Waals surface area (Å²) in [5.74, 6) is 1.10. The Labute approximate surface area is 156 Å². The number of rotatable bonds is 6. The van der Waals surface area contributed by atoms with Crippen molar-refractivity contribution in [2.24, 2.45) is 0 Å². The van der Waals surface area contributed by atoms with Crippen LogP contribution < -0.4 is 16.4 Å². The molecule has 2 aromatic carbocycles. The molecule has 0 atom stereocenters. The van der Waals surface area contributed by atoms with E-state index in [1.807, 2.05) is 18.2 Å². The van der Waals surface area contributed by atoms with Gasteiger partial charge >= 0.3 is 0 Å². The SMILES string of the molecule is Nc1c(NCCc2ccccc2)ncnc1Nc1ccc(Cl)c(Cl)c1. The number of hydrogen-bond acceptors (Lipinski definition) is 5. The zero-order valence-corrected chi connectivity index (χ0v) is 14.8. The van der Waals surface area contributed by atoms with Gasteiger partial charge in [-0.25, -0.2) is 9.97 Å². The van der Waals surface area contributed by atoms with E-state index in [1.165, 1.54) is 11.9 Å². The smallest absolute Gasteiger partial charge is 0.159 e. The summed E-state index contributed by atoms with van der Waals surface area (Å²) in [6.07, 6.45) is 2.33. The van der Waals surface area contributed by atoms with Crippen LogP contribution in [0.25, 0.3) is 0 Å². The lowest BCUT2D eigenvalue weighted by atomic mass is 10.1. The molecule has 0 amide bonds. The van der Waals surface area contributed by atoms with Crippen molar-refractivity contribution in [3.05, 3.63) is 70.5 Å². The Bertz CT molecular complexity index is 855. The Morgan fingerprint density at radius 3 is 2.44 bits per heavy atom. The Kier molecular flexibility index (Phi) is 5.58. The lowest BCUT2D eigenvalue weighted by Gasteiger charge is -2.13. The maximum atomic E-state index is 6.17. The predicted octanol–water partition coefficient (Wildman–Crippen LogP) is 4.76. The average molecular weight is 374 g/mol. The molecule has 0 radical (unpaired) electrons. The van der Waals surface area contributed by atoms with Crippen LogP contribution in [0.4, 0.5) is 23.0 Å². The number of nitrogen functional groups attached to an aromatic ring is 1. The molecule has 0 spiro atoms. The number of nitrogens with zero attached hydrogens (tertiary/aromatic N) is 2. The molecular weight excluding hydrogens is 357 g/mol. The van der Waals surface area contributed by atoms with Crippen LogP contribution in [0.2, 0.25) is 10.0 Å². The van der Waals surface area contributed by atoms with Gasteiger partial charge in [0.1, 0.15) is 12.0 Å². The minimum absolute atomic E-state index is 0.446. The van der Waals surface area contributed by atoms with E-state index in [1.54, 1.807) is 18.2 Å². The van der Waals surface area contributed by atoms with Gasteiger partial charge in [0, 0.05) is 12.2 Å². The first-order valence-electron chi connectivity index (χ1n) is 7.74. The van der Waals surface area contributed by atoms with Crippen LogP contribution in [0, 0.1) is 0 Å². The molecule has 1 aromatic heterocycles. The topological polar surface area (TPSA) is 75.9 Å². The molecule has 0 fully saturated rings. The standard InChI is InChI=1S/C18H17Cl2N5/c19-14-7-6-13(10-15(14)20)25-18-16(21)17(23-11-24-18)22-9-8-12-4-2-1-3-5-12/h1-7,10-11H,8-9,21H2,(H2,22,23,24,25). The lowest BCUT2D eigenvalue weighted by Crippen LogP contribution is -2.10. The van der Waals surface area contributed by atoms with Gasteiger partial charge in [-0.15, -0.1) is 0 Å². The Morgan fingerprint density at radius 2 is 1.68 bits per heavy atom. The predicted molar refractivity (Wildman–Crippen MR) is 105 cm³/mol. The van der Waals surface area contributed by atoms with E-state index in [0.717, 1.165) is 18.7 Å². The van der Waals surface area contributed by atoms with Gasteiger partial charge < -0.3 is 16.4 Å². The fourth-order valence-corrected chi connectivity index (χ4v) is 2.61. The Balaban J connectivity index is 1.68. The second-order valence-electron chi connectivity index (χ2n) is 5.40. The molecule has 0 bridgehead atoms. The second kappa shape index (κ2) is 8.05. The lowest BCUT2D eigenvalue weighted by molar-refractivity contribution is 1.00. The summed E-state index contributed by atoms with van der Waals surface area (Å²) in [4.78, 5) is 8.40. The van der Waals surface area contributed by atoms with Crippen molar-refractivity contribution in [1.29, 1.82) is 0 Å². The third-order valence-corrected chi connectivity index (χ3v) is 4.35. The van der Waals surface area contributed by atoms with E-state index in [0.29, 0.717) is 27.4 Å². The first-order chi connectivity index (χ1) is 12.1. The highest BCUT2D eigenvalue weighted by Gasteiger charge is 2.09. The van der Waals surface area contributed by atoms with E-state index in [-0.39, 0.29) is 0 Å². The molecule has 1 heterocycles. The van der Waals surface area contributed by atoms with Crippen molar-refractivity contribution in [2.45, 2.75) is 6.42 Å². The minimum atomic E-state index is 0.446. The van der Waals surface area contributed by atoms with Crippen molar-refractivity contribution in [3.8, 4) is 0 Å². The number of hydrogen-bond donors (Lipinski definition) is 3. The first kappa shape index (κ1) is 17.3. The van der Waals surface area contributed by atoms with Crippen LogP contribution in [-0.4, -0.2) is 16.5 Å². The van der Waals surface area contributed by atoms with Gasteiger partial charge in [0.2, 0.25) is 0 Å². The highest BCUT2D eigenvalue weighted by Crippen LogP contribution is 2.29. The van der Waals surface area contributed by atoms with E-state index < -0.39 is 0 Å². The van der Waals surface area contributed by atoms with Crippen LogP contribution in [0.3, 0.4) is 0 Å². The van der Waals surface area contributed by atoms with Crippen LogP contribution >= 0.6 is 23.2 Å². The zero-order chi connectivity index (χ0) is 17.6. The third-order valence-electron chi connectivity index (χ3n) is 3.62. The summed E-state index contributed by atoms with van der Waals surface area (Å²) < 4.78 is 0. The van der Waals surface area contributed by atoms with Crippen LogP contribution in [0.15, 0.2) is 54.9 Å². The van der Waals surface area contributed by atoms with Gasteiger partial charge in [0.15, 0.2) is 11.6 Å². The van der Waals surface area contributed by atoms with Crippen LogP contribution in [0.1, 0.15) is 5.56 Å². The van der Waals surface area contributed by atoms with Gasteiger partial charge in [-0.05, 0) is 30.2 Å². The molecule has 0 unspecified atom stereocenters.